The Morgan fingerprint density at radius 3 is 0.621 bits per heavy atom. The van der Waals surface area contributed by atoms with Gasteiger partial charge in [0.1, 0.15) is 31.0 Å². The van der Waals surface area contributed by atoms with E-state index in [0.717, 1.165) is 222 Å². The van der Waals surface area contributed by atoms with E-state index >= 15 is 0 Å². The van der Waals surface area contributed by atoms with Gasteiger partial charge in [0.05, 0.1) is 243 Å². The van der Waals surface area contributed by atoms with Gasteiger partial charge in [-0.25, -0.2) is 0 Å². The van der Waals surface area contributed by atoms with Gasteiger partial charge in [0.25, 0.3) is 0 Å². The molecular weight excluding hydrogens is 1860 g/mol. The van der Waals surface area contributed by atoms with E-state index < -0.39 is 23.1 Å². The van der Waals surface area contributed by atoms with Crippen LogP contribution >= 0.6 is 0 Å². The maximum atomic E-state index is 10.9. The molecule has 0 bridgehead atoms. The lowest BCUT2D eigenvalue weighted by Crippen LogP contribution is -2.31. The lowest BCUT2D eigenvalue weighted by molar-refractivity contribution is -0.156. The van der Waals surface area contributed by atoms with E-state index in [1.807, 2.05) is 75.4 Å². The minimum atomic E-state index is -1.21. The van der Waals surface area contributed by atoms with Crippen LogP contribution in [0.15, 0.2) is 136 Å². The highest BCUT2D eigenvalue weighted by atomic mass is 16.6. The zero-order valence-corrected chi connectivity index (χ0v) is 92.1. The van der Waals surface area contributed by atoms with Crippen molar-refractivity contribution in [1.29, 1.82) is 0 Å². The predicted molar refractivity (Wildman–Crippen MR) is 580 cm³/mol. The van der Waals surface area contributed by atoms with Crippen LogP contribution < -0.4 is 0 Å². The Kier molecular flexibility index (Phi) is 96.5. The Balaban J connectivity index is 0.00000186. The molecule has 145 heavy (non-hydrogen) atoms. The lowest BCUT2D eigenvalue weighted by atomic mass is 9.90. The highest BCUT2D eigenvalue weighted by Gasteiger charge is 2.29. The van der Waals surface area contributed by atoms with Gasteiger partial charge in [-0.3, -0.25) is 9.59 Å². The highest BCUT2D eigenvalue weighted by molar-refractivity contribution is 5.82. The van der Waals surface area contributed by atoms with Gasteiger partial charge in [-0.15, -0.1) is 0 Å². The van der Waals surface area contributed by atoms with Gasteiger partial charge in [0.2, 0.25) is 0 Å². The van der Waals surface area contributed by atoms with E-state index in [1.54, 1.807) is 38.7 Å². The Morgan fingerprint density at radius 2 is 0.414 bits per heavy atom. The van der Waals surface area contributed by atoms with Gasteiger partial charge >= 0.3 is 11.9 Å². The first-order valence-electron chi connectivity index (χ1n) is 53.1. The van der Waals surface area contributed by atoms with E-state index in [0.29, 0.717) is 242 Å². The molecule has 4 aromatic rings. The zero-order chi connectivity index (χ0) is 106. The summed E-state index contributed by atoms with van der Waals surface area (Å²) in [5, 5.41) is 21.9. The van der Waals surface area contributed by atoms with Crippen LogP contribution in [0, 0.1) is 0 Å². The molecule has 0 radical (unpaired) electrons. The number of carbonyl (C=O) groups excluding carboxylic acids is 2. The first kappa shape index (κ1) is 138. The van der Waals surface area contributed by atoms with Gasteiger partial charge in [-0.05, 0) is 188 Å². The van der Waals surface area contributed by atoms with Crippen LogP contribution in [0.1, 0.15) is 251 Å². The summed E-state index contributed by atoms with van der Waals surface area (Å²) in [6.07, 6.45) is 23.2. The molecule has 4 rings (SSSR count). The van der Waals surface area contributed by atoms with Gasteiger partial charge < -0.3 is 129 Å². The summed E-state index contributed by atoms with van der Waals surface area (Å²) in [7, 11) is 0. The number of rotatable bonds is 93. The monoisotopic (exact) mass is 2050 g/mol. The number of esters is 2. The number of aliphatic hydroxyl groups is 2. The van der Waals surface area contributed by atoms with Crippen molar-refractivity contribution < 1.29 is 138 Å². The molecule has 2 unspecified atom stereocenters. The van der Waals surface area contributed by atoms with Crippen LogP contribution in [0.5, 0.6) is 0 Å². The molecule has 29 nitrogen and oxygen atoms in total. The second-order valence-corrected chi connectivity index (χ2v) is 34.7. The normalized spacial score (nSPS) is 12.3. The van der Waals surface area contributed by atoms with E-state index in [2.05, 4.69) is 116 Å². The zero-order valence-electron chi connectivity index (χ0n) is 92.1. The van der Waals surface area contributed by atoms with Crippen LogP contribution in [-0.4, -0.2) is 319 Å². The second kappa shape index (κ2) is 101. The molecule has 0 fully saturated rings. The molecule has 2 N–H and O–H groups in total. The maximum Gasteiger partial charge on any atom is 0.310 e. The fraction of sp³-hybridized carbons (Fsp3) is 0.672. The minimum absolute atomic E-state index is 0.116. The summed E-state index contributed by atoms with van der Waals surface area (Å²) in [6, 6.07) is 32.0. The fourth-order valence-electron chi connectivity index (χ4n) is 12.1. The molecule has 2 atom stereocenters. The molecule has 0 aliphatic carbocycles. The molecule has 0 heterocycles. The molecule has 29 heteroatoms. The molecule has 0 aliphatic rings. The maximum absolute atomic E-state index is 10.9. The molecule has 0 saturated heterocycles. The minimum Gasteiger partial charge on any atom is -0.498 e. The molecule has 4 aromatic carbocycles. The number of hydrogen-bond donors (Lipinski definition) is 2. The molecule has 0 amide bonds. The van der Waals surface area contributed by atoms with Crippen molar-refractivity contribution in [1.82, 2.24) is 0 Å². The predicted octanol–water partition coefficient (Wildman–Crippen LogP) is 21.2. The second-order valence-electron chi connectivity index (χ2n) is 34.7. The first-order valence-corrected chi connectivity index (χ1v) is 53.1. The van der Waals surface area contributed by atoms with Crippen LogP contribution in [0.3, 0.4) is 0 Å². The van der Waals surface area contributed by atoms with Crippen molar-refractivity contribution in [3.8, 4) is 0 Å². The number of unbranched alkanes of at least 4 members (excludes halogenated alkanes) is 8. The summed E-state index contributed by atoms with van der Waals surface area (Å²) in [5.41, 5.74) is 11.3. The molecule has 0 spiro atoms. The smallest absolute Gasteiger partial charge is 0.310 e. The molecular formula is C116H194O29. The summed E-state index contributed by atoms with van der Waals surface area (Å²) in [6.45, 7) is 67.2. The van der Waals surface area contributed by atoms with Crippen LogP contribution in [0.25, 0.3) is 33.4 Å². The quantitative estimate of drug-likeness (QED) is 0.0180. The average Bonchev–Trinajstić information content (AvgIpc) is 0.808. The summed E-state index contributed by atoms with van der Waals surface area (Å²) < 4.78 is 137. The SMILES string of the molecule is C=C(COCCOCCOCCCC)c1cccc(C(=C)COCCOCCOCCCC)c1.C=C(COCCOCCOCCCC)c1cccc(C(C)=COCCOCCOCCCC)c1.CC(=O)OC(C)=O.CCCCOCCOCCOC=C(C)c1cccc(C(C)=COCCOCCOCCCC)c1.CCCCOCCOCCOCC(C)(O)c1cccc(C(C)(O)COCCOCCOCCCC)c1. The molecule has 0 saturated carbocycles. The summed E-state index contributed by atoms with van der Waals surface area (Å²) in [5.74, 6) is -1.12. The Hall–Kier alpha value is -7.06. The Bertz CT molecular complexity index is 3600. The highest BCUT2D eigenvalue weighted by Crippen LogP contribution is 2.29. The summed E-state index contributed by atoms with van der Waals surface area (Å²) in [4.78, 5) is 19.6. The third-order valence-electron chi connectivity index (χ3n) is 21.0. The molecule has 0 aliphatic heterocycles. The van der Waals surface area contributed by atoms with Gasteiger partial charge in [0, 0.05) is 66.7 Å². The van der Waals surface area contributed by atoms with Gasteiger partial charge in [-0.1, -0.05) is 199 Å². The van der Waals surface area contributed by atoms with Crippen LogP contribution in [-0.2, 0) is 139 Å². The van der Waals surface area contributed by atoms with E-state index in [-0.39, 0.29) is 13.2 Å². The number of benzene rings is 4. The van der Waals surface area contributed by atoms with E-state index in [4.69, 9.17) is 114 Å². The lowest BCUT2D eigenvalue weighted by Gasteiger charge is -2.28. The van der Waals surface area contributed by atoms with Crippen molar-refractivity contribution in [3.63, 3.8) is 0 Å². The van der Waals surface area contributed by atoms with Crippen molar-refractivity contribution >= 4 is 45.4 Å². The van der Waals surface area contributed by atoms with Crippen LogP contribution in [0.4, 0.5) is 0 Å². The first-order chi connectivity index (χ1) is 70.5. The number of carbonyl (C=O) groups is 2. The van der Waals surface area contributed by atoms with Crippen molar-refractivity contribution in [2.24, 2.45) is 0 Å². The largest absolute Gasteiger partial charge is 0.498 e. The molecule has 832 valence electrons. The topological polar surface area (TPSA) is 305 Å². The van der Waals surface area contributed by atoms with Crippen molar-refractivity contribution in [3.05, 3.63) is 180 Å². The average molecular weight is 2050 g/mol. The van der Waals surface area contributed by atoms with Gasteiger partial charge in [-0.2, -0.15) is 0 Å². The standard InChI is InChI=1S/C28H50O8.3C28H46O6.C4H6O3/c1-5-7-12-31-14-16-33-18-20-35-23-27(3,29)25-10-9-11-26(22-25)28(4,30)24-36-21-19-34-17-15-32-13-8-6-2;3*1-5-7-12-29-14-16-31-18-20-33-23-25(3)27-10-9-11-28(22-27)26(4)24-34-21-19-32-17-15-30-13-8-6-2;1-3(5)7-4(2)6/h9-11,22,29-30H,5-8,12-21,23-24H2,1-4H3;9-11,22-24H,5-8,12-21H2,1-4H3;9-11,22,24H,3,5-8,12-21,23H2,1-2,4H3;9-11,22H,3-8,12-21,23-24H2,1-2H3;1-2H3. The van der Waals surface area contributed by atoms with Crippen molar-refractivity contribution in [2.75, 3.05) is 297 Å². The van der Waals surface area contributed by atoms with Crippen LogP contribution in [0.2, 0.25) is 0 Å². The van der Waals surface area contributed by atoms with E-state index in [9.17, 15) is 19.8 Å². The third-order valence-corrected chi connectivity index (χ3v) is 21.0. The Labute approximate surface area is 874 Å². The number of allylic oxidation sites excluding steroid dienone is 3. The third kappa shape index (κ3) is 85.3. The fourth-order valence-corrected chi connectivity index (χ4v) is 12.1. The van der Waals surface area contributed by atoms with Crippen molar-refractivity contribution in [2.45, 2.75) is 218 Å². The summed E-state index contributed by atoms with van der Waals surface area (Å²) >= 11 is 0. The van der Waals surface area contributed by atoms with Gasteiger partial charge in [0.15, 0.2) is 0 Å². The van der Waals surface area contributed by atoms with E-state index in [1.165, 1.54) is 13.8 Å². The molecule has 0 aromatic heterocycles. The number of hydrogen-bond acceptors (Lipinski definition) is 29. The Morgan fingerprint density at radius 1 is 0.241 bits per heavy atom. The number of ether oxygens (including phenoxy) is 25.